The summed E-state index contributed by atoms with van der Waals surface area (Å²) < 4.78 is 40.3. The average molecular weight is 681 g/mol. The van der Waals surface area contributed by atoms with Crippen LogP contribution in [0.25, 0.3) is 10.2 Å². The number of carbonyl (C=O) groups excluding carboxylic acids is 3. The summed E-state index contributed by atoms with van der Waals surface area (Å²) in [6, 6.07) is 14.1. The molecule has 2 aliphatic heterocycles. The number of piperidine rings is 2. The van der Waals surface area contributed by atoms with Gasteiger partial charge in [-0.05, 0) is 88.2 Å². The molecule has 0 saturated carbocycles. The number of benzene rings is 2. The summed E-state index contributed by atoms with van der Waals surface area (Å²) in [6.45, 7) is 5.58. The van der Waals surface area contributed by atoms with Gasteiger partial charge >= 0.3 is 6.18 Å². The van der Waals surface area contributed by atoms with E-state index in [9.17, 15) is 32.7 Å². The number of amides is 3. The Morgan fingerprint density at radius 1 is 1.04 bits per heavy atom. The van der Waals surface area contributed by atoms with Gasteiger partial charge in [-0.2, -0.15) is 13.2 Å². The number of thiazole rings is 1. The third-order valence-corrected chi connectivity index (χ3v) is 9.75. The number of hydrogen-bond donors (Lipinski definition) is 4. The number of nitrogens with one attached hydrogen (secondary N) is 3. The molecule has 0 spiro atoms. The highest BCUT2D eigenvalue weighted by molar-refractivity contribution is 7.18. The Labute approximate surface area is 278 Å². The summed E-state index contributed by atoms with van der Waals surface area (Å²) in [5.74, 6) is -1.15. The van der Waals surface area contributed by atoms with E-state index in [1.165, 1.54) is 17.4 Å². The largest absolute Gasteiger partial charge is 0.433 e. The predicted molar refractivity (Wildman–Crippen MR) is 176 cm³/mol. The van der Waals surface area contributed by atoms with Gasteiger partial charge in [0.15, 0.2) is 0 Å². The lowest BCUT2D eigenvalue weighted by Gasteiger charge is -2.31. The number of rotatable bonds is 8. The van der Waals surface area contributed by atoms with Crippen molar-refractivity contribution in [1.29, 1.82) is 0 Å². The van der Waals surface area contributed by atoms with Crippen molar-refractivity contribution in [2.45, 2.75) is 69.8 Å². The van der Waals surface area contributed by atoms with Crippen LogP contribution in [0.15, 0.2) is 54.6 Å². The Kier molecular flexibility index (Phi) is 9.25. The second-order valence-electron chi connectivity index (χ2n) is 12.7. The maximum atomic E-state index is 13.2. The number of alkyl halides is 3. The fourth-order valence-corrected chi connectivity index (χ4v) is 7.23. The standard InChI is InChI=1S/C34H35F3N6O4S/c1-33(2,47)22-16-26-27(17-25(22)40-30(45)23-7-4-8-28(39-23)34(35,36)37)48-32(41-26)20-11-13-43(14-12-20)18-19-5-3-6-21(15-19)38-24-9-10-29(44)42-31(24)46/h3-8,15-17,20,24,38,47H,9-14,18H2,1-2H3,(H,40,45)(H,42,44,46). The van der Waals surface area contributed by atoms with Gasteiger partial charge in [0.25, 0.3) is 5.91 Å². The minimum absolute atomic E-state index is 0.220. The summed E-state index contributed by atoms with van der Waals surface area (Å²) in [6.07, 6.45) is -2.15. The number of aromatic nitrogens is 2. The maximum absolute atomic E-state index is 13.2. The minimum atomic E-state index is -4.69. The van der Waals surface area contributed by atoms with E-state index in [4.69, 9.17) is 4.98 Å². The molecule has 2 aromatic heterocycles. The SMILES string of the molecule is CC(C)(O)c1cc2nc(C3CCN(Cc4cccc(NC5CCC(=O)NC5=O)c4)CC3)sc2cc1NC(=O)c1cccc(C(F)(F)F)n1. The second kappa shape index (κ2) is 13.2. The molecule has 3 amide bonds. The van der Waals surface area contributed by atoms with Crippen molar-refractivity contribution < 1.29 is 32.7 Å². The smallest absolute Gasteiger partial charge is 0.386 e. The first-order valence-electron chi connectivity index (χ1n) is 15.7. The van der Waals surface area contributed by atoms with Gasteiger partial charge in [0.1, 0.15) is 17.4 Å². The highest BCUT2D eigenvalue weighted by Gasteiger charge is 2.33. The van der Waals surface area contributed by atoms with Crippen molar-refractivity contribution in [3.8, 4) is 0 Å². The molecule has 2 aromatic carbocycles. The van der Waals surface area contributed by atoms with Crippen LogP contribution in [0, 0.1) is 0 Å². The third kappa shape index (κ3) is 7.66. The van der Waals surface area contributed by atoms with E-state index >= 15 is 0 Å². The molecule has 4 heterocycles. The molecule has 2 aliphatic rings. The average Bonchev–Trinajstić information content (AvgIpc) is 3.45. The van der Waals surface area contributed by atoms with Crippen LogP contribution in [0.2, 0.25) is 0 Å². The Hall–Kier alpha value is -4.40. The van der Waals surface area contributed by atoms with Crippen LogP contribution >= 0.6 is 11.3 Å². The zero-order valence-electron chi connectivity index (χ0n) is 26.4. The van der Waals surface area contributed by atoms with Crippen LogP contribution in [0.3, 0.4) is 0 Å². The molecule has 2 fully saturated rings. The van der Waals surface area contributed by atoms with Gasteiger partial charge in [-0.15, -0.1) is 11.3 Å². The number of halogens is 3. The van der Waals surface area contributed by atoms with Gasteiger partial charge in [-0.25, -0.2) is 9.97 Å². The maximum Gasteiger partial charge on any atom is 0.433 e. The van der Waals surface area contributed by atoms with Gasteiger partial charge in [-0.1, -0.05) is 18.2 Å². The van der Waals surface area contributed by atoms with E-state index in [-0.39, 0.29) is 29.1 Å². The molecule has 10 nitrogen and oxygen atoms in total. The minimum Gasteiger partial charge on any atom is -0.386 e. The summed E-state index contributed by atoms with van der Waals surface area (Å²) in [5.41, 5.74) is 0.350. The molecule has 48 heavy (non-hydrogen) atoms. The molecule has 0 aliphatic carbocycles. The Bertz CT molecular complexity index is 1860. The van der Waals surface area contributed by atoms with E-state index in [0.717, 1.165) is 65.6 Å². The fourth-order valence-electron chi connectivity index (χ4n) is 6.07. The monoisotopic (exact) mass is 680 g/mol. The number of hydrogen-bond acceptors (Lipinski definition) is 9. The zero-order chi connectivity index (χ0) is 34.2. The van der Waals surface area contributed by atoms with Crippen molar-refractivity contribution in [3.05, 3.63) is 82.1 Å². The van der Waals surface area contributed by atoms with Gasteiger partial charge in [-0.3, -0.25) is 24.6 Å². The molecule has 1 atom stereocenters. The summed E-state index contributed by atoms with van der Waals surface area (Å²) >= 11 is 1.50. The van der Waals surface area contributed by atoms with E-state index < -0.39 is 29.4 Å². The first-order chi connectivity index (χ1) is 22.7. The number of anilines is 2. The molecule has 14 heteroatoms. The van der Waals surface area contributed by atoms with Crippen LogP contribution in [-0.2, 0) is 27.9 Å². The summed E-state index contributed by atoms with van der Waals surface area (Å²) in [5, 5.41) is 20.1. The molecule has 252 valence electrons. The zero-order valence-corrected chi connectivity index (χ0v) is 27.2. The van der Waals surface area contributed by atoms with E-state index in [1.807, 2.05) is 18.2 Å². The van der Waals surface area contributed by atoms with Gasteiger partial charge in [0.2, 0.25) is 11.8 Å². The number of nitrogens with zero attached hydrogens (tertiary/aromatic N) is 3. The summed E-state index contributed by atoms with van der Waals surface area (Å²) in [7, 11) is 0. The Morgan fingerprint density at radius 3 is 2.50 bits per heavy atom. The molecule has 1 unspecified atom stereocenters. The third-order valence-electron chi connectivity index (χ3n) is 8.57. The van der Waals surface area contributed by atoms with Crippen LogP contribution in [0.1, 0.15) is 77.8 Å². The molecular formula is C34H35F3N6O4S. The number of likely N-dealkylation sites (tertiary alicyclic amines) is 1. The van der Waals surface area contributed by atoms with Crippen LogP contribution in [0.5, 0.6) is 0 Å². The first kappa shape index (κ1) is 33.5. The van der Waals surface area contributed by atoms with Crippen molar-refractivity contribution >= 4 is 50.6 Å². The molecule has 6 rings (SSSR count). The number of imide groups is 1. The van der Waals surface area contributed by atoms with Crippen LogP contribution < -0.4 is 16.0 Å². The lowest BCUT2D eigenvalue weighted by molar-refractivity contribution is -0.141. The van der Waals surface area contributed by atoms with E-state index in [2.05, 4.69) is 31.9 Å². The van der Waals surface area contributed by atoms with Gasteiger partial charge in [0, 0.05) is 35.8 Å². The molecular weight excluding hydrogens is 645 g/mol. The van der Waals surface area contributed by atoms with E-state index in [1.54, 1.807) is 26.0 Å². The second-order valence-corrected chi connectivity index (χ2v) is 13.8. The molecule has 4 N–H and O–H groups in total. The highest BCUT2D eigenvalue weighted by atomic mass is 32.1. The molecule has 4 aromatic rings. The van der Waals surface area contributed by atoms with Crippen molar-refractivity contribution in [2.75, 3.05) is 23.7 Å². The van der Waals surface area contributed by atoms with Crippen LogP contribution in [-0.4, -0.2) is 56.8 Å². The number of aliphatic hydroxyl groups is 1. The number of fused-ring (bicyclic) bond motifs is 1. The first-order valence-corrected chi connectivity index (χ1v) is 16.5. The molecule has 0 radical (unpaired) electrons. The Morgan fingerprint density at radius 2 is 1.79 bits per heavy atom. The highest BCUT2D eigenvalue weighted by Crippen LogP contribution is 2.39. The topological polar surface area (TPSA) is 137 Å². The van der Waals surface area contributed by atoms with Gasteiger partial charge < -0.3 is 15.7 Å². The molecule has 0 bridgehead atoms. The number of carbonyl (C=O) groups is 3. The quantitative estimate of drug-likeness (QED) is 0.172. The predicted octanol–water partition coefficient (Wildman–Crippen LogP) is 5.79. The van der Waals surface area contributed by atoms with Crippen molar-refractivity contribution in [1.82, 2.24) is 20.2 Å². The normalized spacial score (nSPS) is 18.2. The Balaban J connectivity index is 1.12. The van der Waals surface area contributed by atoms with Crippen molar-refractivity contribution in [2.24, 2.45) is 0 Å². The lowest BCUT2D eigenvalue weighted by Crippen LogP contribution is -2.47. The van der Waals surface area contributed by atoms with Crippen LogP contribution in [0.4, 0.5) is 24.5 Å². The van der Waals surface area contributed by atoms with E-state index in [0.29, 0.717) is 23.9 Å². The van der Waals surface area contributed by atoms with Gasteiger partial charge in [0.05, 0.1) is 20.8 Å². The summed E-state index contributed by atoms with van der Waals surface area (Å²) in [4.78, 5) is 47.4. The van der Waals surface area contributed by atoms with Crippen molar-refractivity contribution in [3.63, 3.8) is 0 Å². The molecule has 2 saturated heterocycles. The fraction of sp³-hybridized carbons (Fsp3) is 0.382. The number of pyridine rings is 1. The lowest BCUT2D eigenvalue weighted by atomic mass is 9.95.